The van der Waals surface area contributed by atoms with Crippen LogP contribution in [0.3, 0.4) is 0 Å². The van der Waals surface area contributed by atoms with Crippen molar-refractivity contribution in [3.05, 3.63) is 63.8 Å². The fourth-order valence-electron chi connectivity index (χ4n) is 4.94. The molecule has 0 aliphatic carbocycles. The summed E-state index contributed by atoms with van der Waals surface area (Å²) in [6.45, 7) is 4.29. The van der Waals surface area contributed by atoms with Crippen molar-refractivity contribution in [2.24, 2.45) is 5.92 Å². The summed E-state index contributed by atoms with van der Waals surface area (Å²) >= 11 is 3.57. The number of aromatic nitrogens is 1. The molecule has 6 heteroatoms. The summed E-state index contributed by atoms with van der Waals surface area (Å²) in [7, 11) is 1.79. The van der Waals surface area contributed by atoms with Gasteiger partial charge in [0.2, 0.25) is 5.91 Å². The molecule has 2 amide bonds. The van der Waals surface area contributed by atoms with E-state index in [0.717, 1.165) is 44.3 Å². The highest BCUT2D eigenvalue weighted by atomic mass is 79.9. The molecule has 0 unspecified atom stereocenters. The van der Waals surface area contributed by atoms with Crippen LogP contribution in [0.1, 0.15) is 30.7 Å². The number of hydrogen-bond donors (Lipinski definition) is 1. The van der Waals surface area contributed by atoms with E-state index < -0.39 is 5.54 Å². The van der Waals surface area contributed by atoms with Gasteiger partial charge in [0.25, 0.3) is 5.91 Å². The topological polar surface area (TPSA) is 56.4 Å². The third kappa shape index (κ3) is 2.26. The van der Waals surface area contributed by atoms with E-state index >= 15 is 0 Å². The van der Waals surface area contributed by atoms with Gasteiger partial charge in [-0.3, -0.25) is 9.59 Å². The number of nitrogens with one attached hydrogen (secondary N) is 1. The van der Waals surface area contributed by atoms with E-state index in [2.05, 4.69) is 27.0 Å². The van der Waals surface area contributed by atoms with Crippen LogP contribution in [0.4, 0.5) is 5.69 Å². The van der Waals surface area contributed by atoms with E-state index in [0.29, 0.717) is 6.54 Å². The first-order valence-corrected chi connectivity index (χ1v) is 10.7. The summed E-state index contributed by atoms with van der Waals surface area (Å²) in [4.78, 5) is 34.3. The predicted molar refractivity (Wildman–Crippen MR) is 117 cm³/mol. The number of benzene rings is 2. The molecule has 1 spiro atoms. The average molecular weight is 452 g/mol. The molecule has 29 heavy (non-hydrogen) atoms. The molecule has 1 N–H and O–H groups in total. The first kappa shape index (κ1) is 18.4. The van der Waals surface area contributed by atoms with Crippen LogP contribution in [0.25, 0.3) is 10.9 Å². The van der Waals surface area contributed by atoms with E-state index in [9.17, 15) is 9.59 Å². The molecule has 0 saturated heterocycles. The Labute approximate surface area is 177 Å². The SMILES string of the molecule is CC(C)C(=O)N1CCc2c([nH]c3ccccc23)[C@]12C(=O)N(C)c1ccc(Br)cc12. The van der Waals surface area contributed by atoms with Gasteiger partial charge in [-0.2, -0.15) is 0 Å². The van der Waals surface area contributed by atoms with Crippen LogP contribution in [0, 0.1) is 5.92 Å². The molecule has 0 radical (unpaired) electrons. The highest BCUT2D eigenvalue weighted by Crippen LogP contribution is 2.52. The lowest BCUT2D eigenvalue weighted by molar-refractivity contribution is -0.147. The van der Waals surface area contributed by atoms with Gasteiger partial charge < -0.3 is 14.8 Å². The molecular formula is C23H22BrN3O2. The fourth-order valence-corrected chi connectivity index (χ4v) is 5.30. The lowest BCUT2D eigenvalue weighted by atomic mass is 9.79. The van der Waals surface area contributed by atoms with Crippen molar-refractivity contribution in [3.63, 3.8) is 0 Å². The number of nitrogens with zero attached hydrogens (tertiary/aromatic N) is 2. The molecule has 0 bridgehead atoms. The Morgan fingerprint density at radius 3 is 2.72 bits per heavy atom. The van der Waals surface area contributed by atoms with Crippen molar-refractivity contribution >= 4 is 44.3 Å². The number of aromatic amines is 1. The molecule has 2 aliphatic rings. The second-order valence-corrected chi connectivity index (χ2v) is 9.07. The summed E-state index contributed by atoms with van der Waals surface area (Å²) in [5.74, 6) is -0.303. The number of H-pyrrole nitrogens is 1. The molecule has 0 saturated carbocycles. The van der Waals surface area contributed by atoms with E-state index in [4.69, 9.17) is 0 Å². The molecule has 0 fully saturated rings. The number of amides is 2. The number of anilines is 1. The number of halogens is 1. The summed E-state index contributed by atoms with van der Waals surface area (Å²) in [6.07, 6.45) is 0.722. The maximum absolute atomic E-state index is 13.9. The molecule has 3 heterocycles. The van der Waals surface area contributed by atoms with Crippen LogP contribution < -0.4 is 4.90 Å². The Kier molecular flexibility index (Phi) is 3.94. The molecule has 2 aromatic carbocycles. The smallest absolute Gasteiger partial charge is 0.263 e. The Balaban J connectivity index is 1.90. The van der Waals surface area contributed by atoms with Crippen molar-refractivity contribution in [2.75, 3.05) is 18.5 Å². The quantitative estimate of drug-likeness (QED) is 0.602. The highest BCUT2D eigenvalue weighted by molar-refractivity contribution is 9.10. The van der Waals surface area contributed by atoms with Gasteiger partial charge >= 0.3 is 0 Å². The monoisotopic (exact) mass is 451 g/mol. The van der Waals surface area contributed by atoms with Crippen LogP contribution in [0.2, 0.25) is 0 Å². The largest absolute Gasteiger partial charge is 0.355 e. The minimum absolute atomic E-state index is 0.0103. The van der Waals surface area contributed by atoms with Crippen LogP contribution >= 0.6 is 15.9 Å². The Bertz CT molecular complexity index is 1180. The van der Waals surface area contributed by atoms with E-state index in [1.807, 2.05) is 50.2 Å². The van der Waals surface area contributed by atoms with Crippen LogP contribution in [-0.4, -0.2) is 35.3 Å². The zero-order valence-corrected chi connectivity index (χ0v) is 18.2. The number of carbonyl (C=O) groups is 2. The highest BCUT2D eigenvalue weighted by Gasteiger charge is 2.60. The number of rotatable bonds is 1. The van der Waals surface area contributed by atoms with E-state index in [1.54, 1.807) is 16.8 Å². The second kappa shape index (κ2) is 6.20. The molecular weight excluding hydrogens is 430 g/mol. The van der Waals surface area contributed by atoms with Gasteiger partial charge in [0.15, 0.2) is 5.54 Å². The Hall–Kier alpha value is -2.60. The molecule has 148 valence electrons. The van der Waals surface area contributed by atoms with Crippen molar-refractivity contribution in [1.82, 2.24) is 9.88 Å². The summed E-state index contributed by atoms with van der Waals surface area (Å²) in [5, 5.41) is 1.12. The molecule has 1 aromatic heterocycles. The van der Waals surface area contributed by atoms with Gasteiger partial charge in [-0.25, -0.2) is 0 Å². The van der Waals surface area contributed by atoms with Crippen molar-refractivity contribution in [2.45, 2.75) is 25.8 Å². The zero-order valence-electron chi connectivity index (χ0n) is 16.6. The number of hydrogen-bond acceptors (Lipinski definition) is 2. The number of carbonyl (C=O) groups excluding carboxylic acids is 2. The normalized spacial score (nSPS) is 20.7. The van der Waals surface area contributed by atoms with Crippen LogP contribution in [0.15, 0.2) is 46.9 Å². The van der Waals surface area contributed by atoms with Crippen LogP contribution in [0.5, 0.6) is 0 Å². The third-order valence-electron chi connectivity index (χ3n) is 6.25. The van der Waals surface area contributed by atoms with Gasteiger partial charge in [0.05, 0.1) is 5.69 Å². The fraction of sp³-hybridized carbons (Fsp3) is 0.304. The summed E-state index contributed by atoms with van der Waals surface area (Å²) in [5.41, 5.74) is 3.47. The van der Waals surface area contributed by atoms with E-state index in [-0.39, 0.29) is 17.7 Å². The summed E-state index contributed by atoms with van der Waals surface area (Å²) < 4.78 is 0.888. The molecule has 2 aliphatic heterocycles. The molecule has 1 atom stereocenters. The molecule has 5 nitrogen and oxygen atoms in total. The maximum atomic E-state index is 13.9. The van der Waals surface area contributed by atoms with Crippen molar-refractivity contribution in [3.8, 4) is 0 Å². The predicted octanol–water partition coefficient (Wildman–Crippen LogP) is 4.19. The summed E-state index contributed by atoms with van der Waals surface area (Å²) in [6, 6.07) is 14.0. The van der Waals surface area contributed by atoms with E-state index in [1.165, 1.54) is 0 Å². The number of likely N-dealkylation sites (N-methyl/N-ethyl adjacent to an activating group) is 1. The van der Waals surface area contributed by atoms with Crippen molar-refractivity contribution < 1.29 is 9.59 Å². The Morgan fingerprint density at radius 2 is 1.97 bits per heavy atom. The van der Waals surface area contributed by atoms with Gasteiger partial charge in [-0.15, -0.1) is 0 Å². The number of para-hydroxylation sites is 1. The average Bonchev–Trinajstić information content (AvgIpc) is 3.18. The van der Waals surface area contributed by atoms with Gasteiger partial charge in [0, 0.05) is 46.1 Å². The Morgan fingerprint density at radius 1 is 1.21 bits per heavy atom. The minimum atomic E-state index is -1.16. The zero-order chi connectivity index (χ0) is 20.5. The van der Waals surface area contributed by atoms with Gasteiger partial charge in [0.1, 0.15) is 0 Å². The standard InChI is InChI=1S/C23H22BrN3O2/c1-13(2)21(28)27-11-10-16-15-6-4-5-7-18(15)25-20(16)23(27)17-12-14(24)8-9-19(17)26(3)22(23)29/h4-9,12-13,25H,10-11H2,1-3H3/t23-/m1/s1. The minimum Gasteiger partial charge on any atom is -0.355 e. The second-order valence-electron chi connectivity index (χ2n) is 8.15. The first-order valence-electron chi connectivity index (χ1n) is 9.87. The molecule has 5 rings (SSSR count). The van der Waals surface area contributed by atoms with Gasteiger partial charge in [-0.05, 0) is 36.2 Å². The first-order chi connectivity index (χ1) is 13.9. The maximum Gasteiger partial charge on any atom is 0.263 e. The third-order valence-corrected chi connectivity index (χ3v) is 6.74. The van der Waals surface area contributed by atoms with Crippen LogP contribution in [-0.2, 0) is 21.5 Å². The molecule has 3 aromatic rings. The lowest BCUT2D eigenvalue weighted by Crippen LogP contribution is -2.59. The van der Waals surface area contributed by atoms with Crippen molar-refractivity contribution in [1.29, 1.82) is 0 Å². The lowest BCUT2D eigenvalue weighted by Gasteiger charge is -2.44. The number of fused-ring (bicyclic) bond motifs is 6. The van der Waals surface area contributed by atoms with Gasteiger partial charge in [-0.1, -0.05) is 48.0 Å².